The van der Waals surface area contributed by atoms with Gasteiger partial charge >= 0.3 is 0 Å². The van der Waals surface area contributed by atoms with Crippen molar-refractivity contribution in [1.82, 2.24) is 9.78 Å². The first-order valence-corrected chi connectivity index (χ1v) is 6.32. The van der Waals surface area contributed by atoms with E-state index >= 15 is 0 Å². The molecule has 0 fully saturated rings. The Morgan fingerprint density at radius 3 is 2.90 bits per heavy atom. The fourth-order valence-corrected chi connectivity index (χ4v) is 1.78. The summed E-state index contributed by atoms with van der Waals surface area (Å²) in [7, 11) is 3.31. The summed E-state index contributed by atoms with van der Waals surface area (Å²) in [4.78, 5) is 12.2. The fourth-order valence-electron chi connectivity index (χ4n) is 1.78. The lowest BCUT2D eigenvalue weighted by molar-refractivity contribution is 0.102. The summed E-state index contributed by atoms with van der Waals surface area (Å²) >= 11 is 0. The number of aromatic nitrogens is 2. The van der Waals surface area contributed by atoms with Crippen LogP contribution >= 0.6 is 0 Å². The van der Waals surface area contributed by atoms with Crippen LogP contribution in [0.5, 0.6) is 5.75 Å². The summed E-state index contributed by atoms with van der Waals surface area (Å²) in [5.41, 5.74) is 6.48. The fraction of sp³-hybridized carbons (Fsp3) is 0.200. The van der Waals surface area contributed by atoms with Crippen molar-refractivity contribution < 1.29 is 9.53 Å². The molecule has 0 unspecified atom stereocenters. The standard InChI is InChI=1S/C15H16N4O2/c1-19-14(7-9-17-19)18-15(20)12-5-6-13(21-2)11(10-12)4-3-8-16/h5-7,9-10H,8,16H2,1-2H3,(H,18,20). The van der Waals surface area contributed by atoms with Gasteiger partial charge in [0.25, 0.3) is 5.91 Å². The van der Waals surface area contributed by atoms with Gasteiger partial charge in [0.05, 0.1) is 25.4 Å². The number of carbonyl (C=O) groups is 1. The van der Waals surface area contributed by atoms with Crippen molar-refractivity contribution in [3.05, 3.63) is 41.6 Å². The number of nitrogens with two attached hydrogens (primary N) is 1. The maximum atomic E-state index is 12.2. The second-order valence-corrected chi connectivity index (χ2v) is 4.22. The van der Waals surface area contributed by atoms with Gasteiger partial charge in [-0.15, -0.1) is 0 Å². The zero-order chi connectivity index (χ0) is 15.2. The smallest absolute Gasteiger partial charge is 0.256 e. The Kier molecular flexibility index (Phi) is 4.59. The van der Waals surface area contributed by atoms with Gasteiger partial charge in [-0.1, -0.05) is 11.8 Å². The van der Waals surface area contributed by atoms with Gasteiger partial charge < -0.3 is 15.8 Å². The van der Waals surface area contributed by atoms with Crippen LogP contribution in [0.15, 0.2) is 30.5 Å². The zero-order valence-corrected chi connectivity index (χ0v) is 11.9. The van der Waals surface area contributed by atoms with Crippen LogP contribution < -0.4 is 15.8 Å². The molecule has 2 rings (SSSR count). The second-order valence-electron chi connectivity index (χ2n) is 4.22. The van der Waals surface area contributed by atoms with Crippen LogP contribution in [0.3, 0.4) is 0 Å². The maximum absolute atomic E-state index is 12.2. The average Bonchev–Trinajstić information content (AvgIpc) is 2.90. The van der Waals surface area contributed by atoms with E-state index in [4.69, 9.17) is 10.5 Å². The van der Waals surface area contributed by atoms with E-state index in [1.807, 2.05) is 0 Å². The Labute approximate surface area is 122 Å². The van der Waals surface area contributed by atoms with E-state index in [9.17, 15) is 4.79 Å². The summed E-state index contributed by atoms with van der Waals surface area (Å²) in [6.45, 7) is 0.245. The van der Waals surface area contributed by atoms with Gasteiger partial charge in [0, 0.05) is 18.7 Å². The molecule has 3 N–H and O–H groups in total. The van der Waals surface area contributed by atoms with E-state index < -0.39 is 0 Å². The lowest BCUT2D eigenvalue weighted by atomic mass is 10.1. The summed E-state index contributed by atoms with van der Waals surface area (Å²) in [5.74, 6) is 6.63. The lowest BCUT2D eigenvalue weighted by Crippen LogP contribution is -2.14. The SMILES string of the molecule is COc1ccc(C(=O)Nc2ccnn2C)cc1C#CCN. The number of anilines is 1. The van der Waals surface area contributed by atoms with Crippen molar-refractivity contribution >= 4 is 11.7 Å². The van der Waals surface area contributed by atoms with Gasteiger partial charge in [-0.05, 0) is 18.2 Å². The number of hydrogen-bond donors (Lipinski definition) is 2. The maximum Gasteiger partial charge on any atom is 0.256 e. The lowest BCUT2D eigenvalue weighted by Gasteiger charge is -2.08. The van der Waals surface area contributed by atoms with Gasteiger partial charge in [-0.25, -0.2) is 0 Å². The van der Waals surface area contributed by atoms with E-state index in [2.05, 4.69) is 22.3 Å². The third kappa shape index (κ3) is 3.41. The molecule has 0 aliphatic carbocycles. The summed E-state index contributed by atoms with van der Waals surface area (Å²) in [5, 5.41) is 6.77. The van der Waals surface area contributed by atoms with Crippen molar-refractivity contribution in [3.63, 3.8) is 0 Å². The number of benzene rings is 1. The summed E-state index contributed by atoms with van der Waals surface area (Å²) in [6, 6.07) is 6.78. The van der Waals surface area contributed by atoms with Crippen molar-refractivity contribution in [3.8, 4) is 17.6 Å². The zero-order valence-electron chi connectivity index (χ0n) is 11.9. The highest BCUT2D eigenvalue weighted by Gasteiger charge is 2.11. The van der Waals surface area contributed by atoms with Gasteiger partial charge in [0.15, 0.2) is 0 Å². The Morgan fingerprint density at radius 1 is 1.48 bits per heavy atom. The van der Waals surface area contributed by atoms with Gasteiger partial charge in [0.1, 0.15) is 11.6 Å². The highest BCUT2D eigenvalue weighted by Crippen LogP contribution is 2.19. The van der Waals surface area contributed by atoms with E-state index in [1.165, 1.54) is 0 Å². The molecule has 1 heterocycles. The third-order valence-corrected chi connectivity index (χ3v) is 2.85. The largest absolute Gasteiger partial charge is 0.495 e. The van der Waals surface area contributed by atoms with Crippen LogP contribution in [0.25, 0.3) is 0 Å². The van der Waals surface area contributed by atoms with Crippen LogP contribution in [0.4, 0.5) is 5.82 Å². The molecule has 1 amide bonds. The van der Waals surface area contributed by atoms with E-state index in [-0.39, 0.29) is 12.5 Å². The minimum absolute atomic E-state index is 0.239. The van der Waals surface area contributed by atoms with Crippen molar-refractivity contribution in [2.45, 2.75) is 0 Å². The predicted octanol–water partition coefficient (Wildman–Crippen LogP) is 0.991. The second kappa shape index (κ2) is 6.59. The van der Waals surface area contributed by atoms with E-state index in [0.29, 0.717) is 22.7 Å². The topological polar surface area (TPSA) is 82.2 Å². The van der Waals surface area contributed by atoms with Crippen molar-refractivity contribution in [1.29, 1.82) is 0 Å². The molecule has 0 bridgehead atoms. The molecule has 0 aliphatic heterocycles. The number of carbonyl (C=O) groups excluding carboxylic acids is 1. The molecule has 0 aliphatic rings. The third-order valence-electron chi connectivity index (χ3n) is 2.85. The minimum Gasteiger partial charge on any atom is -0.495 e. The van der Waals surface area contributed by atoms with E-state index in [0.717, 1.165) is 0 Å². The molecule has 108 valence electrons. The molecule has 2 aromatic rings. The minimum atomic E-state index is -0.239. The van der Waals surface area contributed by atoms with Gasteiger partial charge in [0.2, 0.25) is 0 Å². The van der Waals surface area contributed by atoms with Crippen molar-refractivity contribution in [2.24, 2.45) is 12.8 Å². The quantitative estimate of drug-likeness (QED) is 0.824. The van der Waals surface area contributed by atoms with E-state index in [1.54, 1.807) is 49.3 Å². The molecule has 1 aromatic carbocycles. The number of aryl methyl sites for hydroxylation is 1. The summed E-state index contributed by atoms with van der Waals surface area (Å²) in [6.07, 6.45) is 1.61. The Balaban J connectivity index is 2.27. The number of methoxy groups -OCH3 is 1. The molecule has 6 nitrogen and oxygen atoms in total. The average molecular weight is 284 g/mol. The highest BCUT2D eigenvalue weighted by atomic mass is 16.5. The molecule has 6 heteroatoms. The van der Waals surface area contributed by atoms with Gasteiger partial charge in [-0.2, -0.15) is 5.10 Å². The van der Waals surface area contributed by atoms with Crippen LogP contribution in [0, 0.1) is 11.8 Å². The predicted molar refractivity (Wildman–Crippen MR) is 80.1 cm³/mol. The molecule has 0 saturated carbocycles. The molecule has 0 atom stereocenters. The molecule has 0 saturated heterocycles. The molecule has 0 radical (unpaired) electrons. The number of amides is 1. The number of rotatable bonds is 3. The first kappa shape index (κ1) is 14.6. The Hall–Kier alpha value is -2.78. The molecular weight excluding hydrogens is 268 g/mol. The van der Waals surface area contributed by atoms with Crippen LogP contribution in [0.2, 0.25) is 0 Å². The number of nitrogens with one attached hydrogen (secondary N) is 1. The van der Waals surface area contributed by atoms with Crippen LogP contribution in [-0.4, -0.2) is 29.3 Å². The number of ether oxygens (including phenoxy) is 1. The van der Waals surface area contributed by atoms with Crippen molar-refractivity contribution in [2.75, 3.05) is 19.0 Å². The highest BCUT2D eigenvalue weighted by molar-refractivity contribution is 6.04. The van der Waals surface area contributed by atoms with Crippen LogP contribution in [-0.2, 0) is 7.05 Å². The Bertz CT molecular complexity index is 710. The molecule has 0 spiro atoms. The molecule has 1 aromatic heterocycles. The van der Waals surface area contributed by atoms with Crippen LogP contribution in [0.1, 0.15) is 15.9 Å². The number of nitrogens with zero attached hydrogens (tertiary/aromatic N) is 2. The number of hydrogen-bond acceptors (Lipinski definition) is 4. The normalized spacial score (nSPS) is 9.67. The monoisotopic (exact) mass is 284 g/mol. The first-order chi connectivity index (χ1) is 10.2. The van der Waals surface area contributed by atoms with Gasteiger partial charge in [-0.3, -0.25) is 9.48 Å². The summed E-state index contributed by atoms with van der Waals surface area (Å²) < 4.78 is 6.79. The Morgan fingerprint density at radius 2 is 2.29 bits per heavy atom. The molecule has 21 heavy (non-hydrogen) atoms. The first-order valence-electron chi connectivity index (χ1n) is 6.32. The molecular formula is C15H16N4O2.